The lowest BCUT2D eigenvalue weighted by molar-refractivity contribution is -0.112. The van der Waals surface area contributed by atoms with Gasteiger partial charge in [0.2, 0.25) is 0 Å². The monoisotopic (exact) mass is 342 g/mol. The molecule has 114 valence electrons. The van der Waals surface area contributed by atoms with Crippen molar-refractivity contribution < 1.29 is 4.79 Å². The van der Waals surface area contributed by atoms with Gasteiger partial charge in [-0.25, -0.2) is 0 Å². The summed E-state index contributed by atoms with van der Waals surface area (Å²) in [6.45, 7) is 0. The second-order valence-corrected chi connectivity index (χ2v) is 5.30. The second kappa shape index (κ2) is 8.19. The number of carbonyl (C=O) groups excluding carboxylic acids is 1. The van der Waals surface area contributed by atoms with Gasteiger partial charge in [0, 0.05) is 0 Å². The Kier molecular flexibility index (Phi) is 5.99. The number of halogens is 2. The van der Waals surface area contributed by atoms with Crippen LogP contribution in [0.3, 0.4) is 0 Å². The van der Waals surface area contributed by atoms with Crippen LogP contribution in [0.2, 0.25) is 10.0 Å². The number of nitriles is 1. The van der Waals surface area contributed by atoms with Crippen LogP contribution in [0, 0.1) is 11.3 Å². The fourth-order valence-electron chi connectivity index (χ4n) is 1.77. The highest BCUT2D eigenvalue weighted by Gasteiger charge is 2.11. The third-order valence-electron chi connectivity index (χ3n) is 2.92. The van der Waals surface area contributed by atoms with Crippen molar-refractivity contribution in [2.45, 2.75) is 0 Å². The van der Waals surface area contributed by atoms with Crippen LogP contribution in [0.5, 0.6) is 0 Å². The summed E-state index contributed by atoms with van der Waals surface area (Å²) < 4.78 is 0. The van der Waals surface area contributed by atoms with E-state index in [4.69, 9.17) is 28.5 Å². The molecule has 0 saturated carbocycles. The maximum atomic E-state index is 12.1. The van der Waals surface area contributed by atoms with E-state index in [2.05, 4.69) is 5.32 Å². The molecule has 0 aliphatic heterocycles. The highest BCUT2D eigenvalue weighted by atomic mass is 35.5. The van der Waals surface area contributed by atoms with Gasteiger partial charge in [-0.3, -0.25) is 4.79 Å². The Morgan fingerprint density at radius 3 is 2.52 bits per heavy atom. The summed E-state index contributed by atoms with van der Waals surface area (Å²) in [5, 5.41) is 12.3. The van der Waals surface area contributed by atoms with Crippen molar-refractivity contribution in [1.82, 2.24) is 0 Å². The maximum absolute atomic E-state index is 12.1. The maximum Gasteiger partial charge on any atom is 0.266 e. The van der Waals surface area contributed by atoms with E-state index in [9.17, 15) is 4.79 Å². The van der Waals surface area contributed by atoms with Gasteiger partial charge in [-0.15, -0.1) is 0 Å². The third kappa shape index (κ3) is 4.72. The Morgan fingerprint density at radius 1 is 1.09 bits per heavy atom. The van der Waals surface area contributed by atoms with E-state index >= 15 is 0 Å². The van der Waals surface area contributed by atoms with Crippen molar-refractivity contribution in [3.05, 3.63) is 81.9 Å². The van der Waals surface area contributed by atoms with E-state index in [0.717, 1.165) is 5.56 Å². The van der Waals surface area contributed by atoms with Crippen LogP contribution < -0.4 is 5.32 Å². The number of carbonyl (C=O) groups is 1. The number of benzene rings is 2. The lowest BCUT2D eigenvalue weighted by atomic mass is 10.2. The van der Waals surface area contributed by atoms with Crippen LogP contribution in [0.25, 0.3) is 6.08 Å². The average molecular weight is 343 g/mol. The van der Waals surface area contributed by atoms with Crippen molar-refractivity contribution in [1.29, 1.82) is 5.26 Å². The van der Waals surface area contributed by atoms with E-state index in [-0.39, 0.29) is 10.6 Å². The molecule has 23 heavy (non-hydrogen) atoms. The molecule has 2 aromatic carbocycles. The van der Waals surface area contributed by atoms with E-state index < -0.39 is 5.91 Å². The number of allylic oxidation sites excluding steroid dienone is 2. The van der Waals surface area contributed by atoms with Gasteiger partial charge in [-0.2, -0.15) is 5.26 Å². The van der Waals surface area contributed by atoms with Gasteiger partial charge in [0.15, 0.2) is 0 Å². The average Bonchev–Trinajstić information content (AvgIpc) is 2.56. The molecule has 2 rings (SSSR count). The van der Waals surface area contributed by atoms with Gasteiger partial charge in [0.05, 0.1) is 15.7 Å². The molecular formula is C18H12Cl2N2O. The molecule has 0 aliphatic carbocycles. The number of nitrogens with one attached hydrogen (secondary N) is 1. The Bertz CT molecular complexity index is 806. The number of amides is 1. The predicted molar refractivity (Wildman–Crippen MR) is 94.3 cm³/mol. The van der Waals surface area contributed by atoms with Crippen LogP contribution in [-0.2, 0) is 4.79 Å². The van der Waals surface area contributed by atoms with Gasteiger partial charge in [0.25, 0.3) is 5.91 Å². The van der Waals surface area contributed by atoms with E-state index in [1.807, 2.05) is 36.4 Å². The van der Waals surface area contributed by atoms with Crippen molar-refractivity contribution in [2.24, 2.45) is 0 Å². The summed E-state index contributed by atoms with van der Waals surface area (Å²) >= 11 is 11.9. The molecule has 0 unspecified atom stereocenters. The van der Waals surface area contributed by atoms with Crippen molar-refractivity contribution in [3.8, 4) is 6.07 Å². The van der Waals surface area contributed by atoms with Gasteiger partial charge in [-0.05, 0) is 23.8 Å². The molecule has 0 aliphatic rings. The predicted octanol–water partition coefficient (Wildman–Crippen LogP) is 5.10. The lowest BCUT2D eigenvalue weighted by Gasteiger charge is -2.07. The number of hydrogen-bond acceptors (Lipinski definition) is 2. The molecular weight excluding hydrogens is 331 g/mol. The van der Waals surface area contributed by atoms with Crippen LogP contribution in [0.4, 0.5) is 5.69 Å². The molecule has 1 amide bonds. The first-order chi connectivity index (χ1) is 11.1. The molecule has 0 aromatic heterocycles. The topological polar surface area (TPSA) is 52.9 Å². The standard InChI is InChI=1S/C18H12Cl2N2O/c19-15-10-5-11-16(17(15)20)22-18(23)14(12-21)9-4-8-13-6-2-1-3-7-13/h1-11H,(H,22,23)/b8-4-,14-9-. The number of rotatable bonds is 4. The van der Waals surface area contributed by atoms with Gasteiger partial charge in [-0.1, -0.05) is 71.8 Å². The fourth-order valence-corrected chi connectivity index (χ4v) is 2.12. The van der Waals surface area contributed by atoms with Crippen molar-refractivity contribution in [3.63, 3.8) is 0 Å². The van der Waals surface area contributed by atoms with Crippen LogP contribution in [0.1, 0.15) is 5.56 Å². The normalized spacial score (nSPS) is 11.3. The molecule has 0 radical (unpaired) electrons. The minimum absolute atomic E-state index is 0.0341. The third-order valence-corrected chi connectivity index (χ3v) is 3.73. The summed E-state index contributed by atoms with van der Waals surface area (Å²) in [5.41, 5.74) is 1.30. The zero-order valence-corrected chi connectivity index (χ0v) is 13.5. The minimum Gasteiger partial charge on any atom is -0.320 e. The molecule has 0 heterocycles. The summed E-state index contributed by atoms with van der Waals surface area (Å²) in [5.74, 6) is -0.547. The quantitative estimate of drug-likeness (QED) is 0.477. The Hall–Kier alpha value is -2.54. The molecule has 3 nitrogen and oxygen atoms in total. The molecule has 0 atom stereocenters. The highest BCUT2D eigenvalue weighted by molar-refractivity contribution is 6.44. The smallest absolute Gasteiger partial charge is 0.266 e. The van der Waals surface area contributed by atoms with Gasteiger partial charge in [0.1, 0.15) is 11.6 Å². The molecule has 5 heteroatoms. The van der Waals surface area contributed by atoms with Gasteiger partial charge < -0.3 is 5.32 Å². The number of nitrogens with zero attached hydrogens (tertiary/aromatic N) is 1. The van der Waals surface area contributed by atoms with E-state index in [0.29, 0.717) is 10.7 Å². The zero-order valence-electron chi connectivity index (χ0n) is 12.0. The molecule has 0 fully saturated rings. The summed E-state index contributed by atoms with van der Waals surface area (Å²) in [4.78, 5) is 12.1. The SMILES string of the molecule is N#C/C(=C/C=C\c1ccccc1)C(=O)Nc1cccc(Cl)c1Cl. The van der Waals surface area contributed by atoms with Gasteiger partial charge >= 0.3 is 0 Å². The van der Waals surface area contributed by atoms with Crippen molar-refractivity contribution >= 4 is 40.9 Å². The second-order valence-electron chi connectivity index (χ2n) is 4.52. The molecule has 0 saturated heterocycles. The Morgan fingerprint density at radius 2 is 1.83 bits per heavy atom. The first-order valence-corrected chi connectivity index (χ1v) is 7.46. The Labute approximate surface area is 144 Å². The molecule has 2 aromatic rings. The summed E-state index contributed by atoms with van der Waals surface area (Å²) in [6, 6.07) is 16.3. The molecule has 0 bridgehead atoms. The summed E-state index contributed by atoms with van der Waals surface area (Å²) in [7, 11) is 0. The van der Waals surface area contributed by atoms with Crippen LogP contribution >= 0.6 is 23.2 Å². The van der Waals surface area contributed by atoms with Crippen LogP contribution in [0.15, 0.2) is 66.3 Å². The highest BCUT2D eigenvalue weighted by Crippen LogP contribution is 2.29. The first kappa shape index (κ1) is 16.8. The Balaban J connectivity index is 2.13. The lowest BCUT2D eigenvalue weighted by Crippen LogP contribution is -2.13. The number of anilines is 1. The zero-order chi connectivity index (χ0) is 16.7. The molecule has 1 N–H and O–H groups in total. The molecule has 0 spiro atoms. The summed E-state index contributed by atoms with van der Waals surface area (Å²) in [6.07, 6.45) is 4.89. The van der Waals surface area contributed by atoms with E-state index in [1.165, 1.54) is 6.08 Å². The first-order valence-electron chi connectivity index (χ1n) is 6.70. The van der Waals surface area contributed by atoms with E-state index in [1.54, 1.807) is 30.4 Å². The number of hydrogen-bond donors (Lipinski definition) is 1. The minimum atomic E-state index is -0.547. The van der Waals surface area contributed by atoms with Crippen molar-refractivity contribution in [2.75, 3.05) is 5.32 Å². The fraction of sp³-hybridized carbons (Fsp3) is 0. The largest absolute Gasteiger partial charge is 0.320 e. The van der Waals surface area contributed by atoms with Crippen LogP contribution in [-0.4, -0.2) is 5.91 Å².